The number of hydrogen-bond donors (Lipinski definition) is 2. The molecule has 3 heterocycles. The summed E-state index contributed by atoms with van der Waals surface area (Å²) in [6.07, 6.45) is 36.5. The molecule has 2 N–H and O–H groups in total. The largest absolute Gasteiger partial charge is 0.456 e. The second-order valence-electron chi connectivity index (χ2n) is 15.2. The SMILES string of the molecule is CC1C=CC(C2=[N+](C3=CC=CCC3)C(C)(C3C=c4oc5cc(C6CC78CC6C=C7NC(C6=CCCC=C6)O8)ccc5c4=CC3)N2)=CC1. The van der Waals surface area contributed by atoms with Gasteiger partial charge >= 0.3 is 0 Å². The van der Waals surface area contributed by atoms with Crippen molar-refractivity contribution < 1.29 is 13.7 Å². The smallest absolute Gasteiger partial charge is 0.288 e. The van der Waals surface area contributed by atoms with E-state index in [-0.39, 0.29) is 23.4 Å². The van der Waals surface area contributed by atoms with Crippen LogP contribution in [0, 0.1) is 17.8 Å². The van der Waals surface area contributed by atoms with Crippen molar-refractivity contribution in [2.45, 2.75) is 88.6 Å². The van der Waals surface area contributed by atoms with Crippen LogP contribution in [0.15, 0.2) is 106 Å². The quantitative estimate of drug-likeness (QED) is 0.358. The fraction of sp³-hybridized carbons (Fsp3) is 0.405. The van der Waals surface area contributed by atoms with E-state index in [0.717, 1.165) is 62.4 Å². The maximum Gasteiger partial charge on any atom is 0.288 e. The van der Waals surface area contributed by atoms with E-state index in [9.17, 15) is 0 Å². The Bertz CT molecular complexity index is 2100. The predicted molar refractivity (Wildman–Crippen MR) is 188 cm³/mol. The Morgan fingerprint density at radius 2 is 1.94 bits per heavy atom. The molecule has 0 radical (unpaired) electrons. The Balaban J connectivity index is 0.948. The molecule has 238 valence electrons. The van der Waals surface area contributed by atoms with E-state index in [1.165, 1.54) is 44.5 Å². The van der Waals surface area contributed by atoms with E-state index in [1.807, 2.05) is 0 Å². The maximum absolute atomic E-state index is 6.81. The molecule has 1 aromatic heterocycles. The molecule has 2 aromatic rings. The van der Waals surface area contributed by atoms with E-state index in [0.29, 0.717) is 17.8 Å². The summed E-state index contributed by atoms with van der Waals surface area (Å²) in [7, 11) is 0. The molecule has 10 rings (SSSR count). The van der Waals surface area contributed by atoms with Gasteiger partial charge in [-0.2, -0.15) is 4.58 Å². The van der Waals surface area contributed by atoms with E-state index >= 15 is 0 Å². The highest BCUT2D eigenvalue weighted by Crippen LogP contribution is 2.58. The van der Waals surface area contributed by atoms with Crippen molar-refractivity contribution >= 4 is 29.0 Å². The number of ether oxygens (including phenoxy) is 1. The fourth-order valence-corrected chi connectivity index (χ4v) is 9.67. The van der Waals surface area contributed by atoms with Crippen LogP contribution >= 0.6 is 0 Å². The highest BCUT2D eigenvalue weighted by Gasteiger charge is 2.58. The van der Waals surface area contributed by atoms with Crippen molar-refractivity contribution in [3.63, 3.8) is 0 Å². The number of benzene rings is 1. The summed E-state index contributed by atoms with van der Waals surface area (Å²) in [6.45, 7) is 4.66. The van der Waals surface area contributed by atoms with E-state index < -0.39 is 0 Å². The lowest BCUT2D eigenvalue weighted by Gasteiger charge is -2.43. The first-order chi connectivity index (χ1) is 23.0. The van der Waals surface area contributed by atoms with Crippen molar-refractivity contribution in [2.75, 3.05) is 0 Å². The van der Waals surface area contributed by atoms with Gasteiger partial charge in [0.1, 0.15) is 22.3 Å². The summed E-state index contributed by atoms with van der Waals surface area (Å²) >= 11 is 0. The summed E-state index contributed by atoms with van der Waals surface area (Å²) < 4.78 is 16.1. The van der Waals surface area contributed by atoms with Crippen molar-refractivity contribution in [3.8, 4) is 0 Å². The molecule has 1 aromatic carbocycles. The van der Waals surface area contributed by atoms with Crippen LogP contribution in [0.25, 0.3) is 23.1 Å². The van der Waals surface area contributed by atoms with E-state index in [2.05, 4.69) is 120 Å². The van der Waals surface area contributed by atoms with Crippen LogP contribution in [0.4, 0.5) is 0 Å². The van der Waals surface area contributed by atoms with Crippen LogP contribution in [-0.4, -0.2) is 27.9 Å². The molecule has 1 saturated carbocycles. The molecule has 2 bridgehead atoms. The van der Waals surface area contributed by atoms with Crippen LogP contribution in [-0.2, 0) is 4.74 Å². The molecule has 1 spiro atoms. The van der Waals surface area contributed by atoms with Crippen LogP contribution in [0.5, 0.6) is 0 Å². The number of allylic oxidation sites excluding steroid dienone is 9. The molecule has 0 amide bonds. The first-order valence-corrected chi connectivity index (χ1v) is 17.9. The summed E-state index contributed by atoms with van der Waals surface area (Å²) in [5.41, 5.74) is 8.31. The zero-order chi connectivity index (χ0) is 31.3. The zero-order valence-electron chi connectivity index (χ0n) is 27.5. The van der Waals surface area contributed by atoms with Crippen LogP contribution in [0.2, 0.25) is 0 Å². The highest BCUT2D eigenvalue weighted by atomic mass is 16.5. The van der Waals surface area contributed by atoms with Gasteiger partial charge in [0, 0.05) is 29.6 Å². The minimum Gasteiger partial charge on any atom is -0.456 e. The molecule has 7 atom stereocenters. The van der Waals surface area contributed by atoms with Gasteiger partial charge in [0.2, 0.25) is 0 Å². The molecule has 7 unspecified atom stereocenters. The van der Waals surface area contributed by atoms with Crippen LogP contribution in [0.3, 0.4) is 0 Å². The number of amidine groups is 1. The molecule has 2 aliphatic heterocycles. The molecule has 8 aliphatic rings. The van der Waals surface area contributed by atoms with Gasteiger partial charge in [-0.15, -0.1) is 0 Å². The second-order valence-corrected chi connectivity index (χ2v) is 15.2. The number of nitrogens with one attached hydrogen (secondary N) is 2. The summed E-state index contributed by atoms with van der Waals surface area (Å²) in [5, 5.41) is 10.2. The van der Waals surface area contributed by atoms with Gasteiger partial charge in [-0.05, 0) is 92.1 Å². The van der Waals surface area contributed by atoms with Gasteiger partial charge in [0.25, 0.3) is 11.5 Å². The average molecular weight is 623 g/mol. The average Bonchev–Trinajstić information content (AvgIpc) is 3.84. The van der Waals surface area contributed by atoms with E-state index in [1.54, 1.807) is 0 Å². The maximum atomic E-state index is 6.81. The first-order valence-electron chi connectivity index (χ1n) is 17.9. The van der Waals surface area contributed by atoms with Crippen LogP contribution < -0.4 is 21.3 Å². The molecule has 5 heteroatoms. The van der Waals surface area contributed by atoms with E-state index in [4.69, 9.17) is 9.15 Å². The monoisotopic (exact) mass is 622 g/mol. The third-order valence-electron chi connectivity index (χ3n) is 12.2. The molecule has 6 aliphatic carbocycles. The molecule has 1 saturated heterocycles. The van der Waals surface area contributed by atoms with Gasteiger partial charge < -0.3 is 14.5 Å². The Kier molecular flexibility index (Phi) is 6.07. The van der Waals surface area contributed by atoms with Gasteiger partial charge in [-0.25, -0.2) is 5.32 Å². The molecular formula is C42H44N3O2+. The Morgan fingerprint density at radius 3 is 2.77 bits per heavy atom. The number of nitrogens with zero attached hydrogens (tertiary/aromatic N) is 1. The lowest BCUT2D eigenvalue weighted by Crippen LogP contribution is -2.71. The lowest BCUT2D eigenvalue weighted by atomic mass is 9.82. The molecular weight excluding hydrogens is 578 g/mol. The normalized spacial score (nSPS) is 36.3. The minimum absolute atomic E-state index is 0.0159. The summed E-state index contributed by atoms with van der Waals surface area (Å²) in [6, 6.07) is 6.99. The van der Waals surface area contributed by atoms with Gasteiger partial charge in [0.05, 0.1) is 11.5 Å². The predicted octanol–water partition coefficient (Wildman–Crippen LogP) is 6.85. The van der Waals surface area contributed by atoms with Crippen molar-refractivity contribution in [1.29, 1.82) is 0 Å². The standard InChI is InChI=1S/C42H43N3O2/c1-26-13-15-27(16-14-26)39-44-41(2,45(39)32-11-7-4-8-12-32)31-18-20-34-33-19-17-29(21-36(33)46-37(34)23-31)35-25-42-24-30(35)22-38(42)43-40(47-42)28-9-5-3-6-10-28/h4-5,7,9-11,13,15-17,19-23,26,30-31,35,40,43H,3,6,8,12,14,18,24-25H2,1-2H3/p+1. The van der Waals surface area contributed by atoms with Gasteiger partial charge in [-0.3, -0.25) is 0 Å². The summed E-state index contributed by atoms with van der Waals surface area (Å²) in [5.74, 6) is 3.07. The second kappa shape index (κ2) is 10.2. The third kappa shape index (κ3) is 4.21. The number of rotatable bonds is 5. The van der Waals surface area contributed by atoms with Crippen molar-refractivity contribution in [1.82, 2.24) is 10.6 Å². The fourth-order valence-electron chi connectivity index (χ4n) is 9.67. The van der Waals surface area contributed by atoms with Crippen molar-refractivity contribution in [2.24, 2.45) is 17.8 Å². The molecule has 47 heavy (non-hydrogen) atoms. The Labute approximate surface area is 276 Å². The number of fused-ring (bicyclic) bond motifs is 4. The van der Waals surface area contributed by atoms with Gasteiger partial charge in [0.15, 0.2) is 6.23 Å². The number of hydrogen-bond acceptors (Lipinski definition) is 4. The Hall–Kier alpha value is -4.09. The van der Waals surface area contributed by atoms with Crippen molar-refractivity contribution in [3.05, 3.63) is 118 Å². The summed E-state index contributed by atoms with van der Waals surface area (Å²) in [4.78, 5) is 0. The highest BCUT2D eigenvalue weighted by molar-refractivity contribution is 6.00. The first kappa shape index (κ1) is 28.0. The number of furan rings is 1. The lowest BCUT2D eigenvalue weighted by molar-refractivity contribution is -0.609. The van der Waals surface area contributed by atoms with Gasteiger partial charge in [-0.1, -0.05) is 79.8 Å². The third-order valence-corrected chi connectivity index (χ3v) is 12.2. The Morgan fingerprint density at radius 1 is 0.979 bits per heavy atom. The van der Waals surface area contributed by atoms with Crippen LogP contribution in [0.1, 0.15) is 76.7 Å². The molecule has 2 fully saturated rings. The molecule has 5 nitrogen and oxygen atoms in total. The topological polar surface area (TPSA) is 49.4 Å². The zero-order valence-corrected chi connectivity index (χ0v) is 27.5. The minimum atomic E-state index is -0.217.